The van der Waals surface area contributed by atoms with E-state index in [1.807, 2.05) is 35.9 Å². The molecule has 1 aromatic carbocycles. The van der Waals surface area contributed by atoms with Crippen molar-refractivity contribution in [2.45, 2.75) is 6.61 Å². The lowest BCUT2D eigenvalue weighted by Crippen LogP contribution is -1.94. The van der Waals surface area contributed by atoms with Crippen molar-refractivity contribution < 1.29 is 5.11 Å². The molecule has 0 amide bonds. The maximum atomic E-state index is 9.14. The molecule has 0 aliphatic carbocycles. The van der Waals surface area contributed by atoms with E-state index in [-0.39, 0.29) is 6.61 Å². The smallest absolute Gasteiger partial charge is 0.163 e. The first-order valence-electron chi connectivity index (χ1n) is 5.62. The van der Waals surface area contributed by atoms with E-state index in [0.29, 0.717) is 5.82 Å². The number of imidazole rings is 1. The van der Waals surface area contributed by atoms with Gasteiger partial charge in [0.2, 0.25) is 0 Å². The number of aliphatic hydroxyl groups is 1. The maximum absolute atomic E-state index is 9.14. The zero-order chi connectivity index (χ0) is 12.5. The number of rotatable bonds is 2. The summed E-state index contributed by atoms with van der Waals surface area (Å²) in [5, 5.41) is 9.14. The molecule has 3 rings (SSSR count). The molecule has 0 spiro atoms. The van der Waals surface area contributed by atoms with Gasteiger partial charge in [0.15, 0.2) is 11.5 Å². The number of benzene rings is 1. The Bertz CT molecular complexity index is 705. The summed E-state index contributed by atoms with van der Waals surface area (Å²) in [5.41, 5.74) is 3.32. The molecular formula is C13H12N4O. The van der Waals surface area contributed by atoms with Crippen molar-refractivity contribution in [2.24, 2.45) is 7.05 Å². The van der Waals surface area contributed by atoms with Gasteiger partial charge in [0.25, 0.3) is 0 Å². The van der Waals surface area contributed by atoms with Crippen LogP contribution in [0.1, 0.15) is 5.56 Å². The predicted molar refractivity (Wildman–Crippen MR) is 67.7 cm³/mol. The average Bonchev–Trinajstić information content (AvgIpc) is 2.80. The summed E-state index contributed by atoms with van der Waals surface area (Å²) in [6, 6.07) is 7.57. The van der Waals surface area contributed by atoms with Crippen LogP contribution in [0, 0.1) is 0 Å². The number of fused-ring (bicyclic) bond motifs is 1. The molecule has 0 aliphatic rings. The Hall–Kier alpha value is -2.27. The second-order valence-electron chi connectivity index (χ2n) is 4.12. The lowest BCUT2D eigenvalue weighted by molar-refractivity contribution is 0.282. The van der Waals surface area contributed by atoms with E-state index in [9.17, 15) is 0 Å². The standard InChI is InChI=1S/C13H12N4O/c1-17-8-15-11-6-14-12(16-13(11)17)10-4-2-3-9(5-10)7-18/h2-6,8,18H,7H2,1H3. The van der Waals surface area contributed by atoms with Gasteiger partial charge in [-0.2, -0.15) is 0 Å². The quantitative estimate of drug-likeness (QED) is 0.737. The third kappa shape index (κ3) is 1.74. The van der Waals surface area contributed by atoms with Crippen molar-refractivity contribution in [1.82, 2.24) is 19.5 Å². The zero-order valence-electron chi connectivity index (χ0n) is 9.91. The van der Waals surface area contributed by atoms with Gasteiger partial charge >= 0.3 is 0 Å². The molecule has 18 heavy (non-hydrogen) atoms. The topological polar surface area (TPSA) is 63.8 Å². The second kappa shape index (κ2) is 4.19. The van der Waals surface area contributed by atoms with Crippen LogP contribution in [0.3, 0.4) is 0 Å². The summed E-state index contributed by atoms with van der Waals surface area (Å²) in [4.78, 5) is 13.0. The van der Waals surface area contributed by atoms with Crippen LogP contribution in [0.4, 0.5) is 0 Å². The summed E-state index contributed by atoms with van der Waals surface area (Å²) in [5.74, 6) is 0.640. The molecule has 2 heterocycles. The number of hydrogen-bond acceptors (Lipinski definition) is 4. The fraction of sp³-hybridized carbons (Fsp3) is 0.154. The average molecular weight is 240 g/mol. The first kappa shape index (κ1) is 10.9. The van der Waals surface area contributed by atoms with Crippen LogP contribution in [0.5, 0.6) is 0 Å². The van der Waals surface area contributed by atoms with Gasteiger partial charge < -0.3 is 9.67 Å². The third-order valence-electron chi connectivity index (χ3n) is 2.82. The molecule has 3 aromatic rings. The molecule has 0 atom stereocenters. The summed E-state index contributed by atoms with van der Waals surface area (Å²) < 4.78 is 1.86. The van der Waals surface area contributed by atoms with Crippen molar-refractivity contribution in [3.05, 3.63) is 42.4 Å². The fourth-order valence-electron chi connectivity index (χ4n) is 1.87. The molecule has 2 aromatic heterocycles. The van der Waals surface area contributed by atoms with E-state index in [1.54, 1.807) is 12.5 Å². The van der Waals surface area contributed by atoms with Crippen molar-refractivity contribution in [1.29, 1.82) is 0 Å². The molecule has 1 N–H and O–H groups in total. The molecule has 0 fully saturated rings. The molecule has 5 heteroatoms. The molecule has 90 valence electrons. The number of aryl methyl sites for hydroxylation is 1. The largest absolute Gasteiger partial charge is 0.392 e. The van der Waals surface area contributed by atoms with Crippen LogP contribution in [-0.2, 0) is 13.7 Å². The SMILES string of the molecule is Cn1cnc2cnc(-c3cccc(CO)c3)nc21. The van der Waals surface area contributed by atoms with Gasteiger partial charge in [0, 0.05) is 12.6 Å². The van der Waals surface area contributed by atoms with Crippen molar-refractivity contribution in [3.8, 4) is 11.4 Å². The highest BCUT2D eigenvalue weighted by atomic mass is 16.3. The molecular weight excluding hydrogens is 228 g/mol. The van der Waals surface area contributed by atoms with Crippen LogP contribution in [0.2, 0.25) is 0 Å². The maximum Gasteiger partial charge on any atom is 0.163 e. The Balaban J connectivity index is 2.15. The highest BCUT2D eigenvalue weighted by Gasteiger charge is 2.06. The summed E-state index contributed by atoms with van der Waals surface area (Å²) in [7, 11) is 1.90. The Labute approximate surface area is 104 Å². The molecule has 0 bridgehead atoms. The highest BCUT2D eigenvalue weighted by molar-refractivity contribution is 5.72. The van der Waals surface area contributed by atoms with Crippen molar-refractivity contribution >= 4 is 11.2 Å². The van der Waals surface area contributed by atoms with Gasteiger partial charge in [-0.1, -0.05) is 18.2 Å². The normalized spacial score (nSPS) is 11.0. The fourth-order valence-corrected chi connectivity index (χ4v) is 1.87. The van der Waals surface area contributed by atoms with Gasteiger partial charge in [-0.15, -0.1) is 0 Å². The van der Waals surface area contributed by atoms with Gasteiger partial charge in [0.1, 0.15) is 5.52 Å². The minimum absolute atomic E-state index is 0.0157. The Morgan fingerprint density at radius 3 is 3.00 bits per heavy atom. The van der Waals surface area contributed by atoms with Crippen LogP contribution in [-0.4, -0.2) is 24.6 Å². The zero-order valence-corrected chi connectivity index (χ0v) is 9.91. The summed E-state index contributed by atoms with van der Waals surface area (Å²) in [6.07, 6.45) is 3.43. The van der Waals surface area contributed by atoms with Crippen LogP contribution in [0.25, 0.3) is 22.6 Å². The van der Waals surface area contributed by atoms with E-state index in [2.05, 4.69) is 15.0 Å². The monoisotopic (exact) mass is 240 g/mol. The number of aliphatic hydroxyl groups excluding tert-OH is 1. The van der Waals surface area contributed by atoms with Crippen LogP contribution < -0.4 is 0 Å². The number of hydrogen-bond donors (Lipinski definition) is 1. The first-order chi connectivity index (χ1) is 8.78. The van der Waals surface area contributed by atoms with Crippen LogP contribution in [0.15, 0.2) is 36.8 Å². The minimum atomic E-state index is 0.0157. The molecule has 0 unspecified atom stereocenters. The predicted octanol–water partition coefficient (Wildman–Crippen LogP) is 1.52. The van der Waals surface area contributed by atoms with Crippen LogP contribution >= 0.6 is 0 Å². The van der Waals surface area contributed by atoms with E-state index in [4.69, 9.17) is 5.11 Å². The van der Waals surface area contributed by atoms with Gasteiger partial charge in [-0.05, 0) is 11.6 Å². The highest BCUT2D eigenvalue weighted by Crippen LogP contribution is 2.18. The van der Waals surface area contributed by atoms with Gasteiger partial charge in [-0.25, -0.2) is 15.0 Å². The van der Waals surface area contributed by atoms with E-state index in [1.165, 1.54) is 0 Å². The molecule has 5 nitrogen and oxygen atoms in total. The second-order valence-corrected chi connectivity index (χ2v) is 4.12. The minimum Gasteiger partial charge on any atom is -0.392 e. The molecule has 0 aliphatic heterocycles. The van der Waals surface area contributed by atoms with E-state index in [0.717, 1.165) is 22.3 Å². The Kier molecular flexibility index (Phi) is 2.53. The molecule has 0 saturated carbocycles. The Morgan fingerprint density at radius 1 is 1.28 bits per heavy atom. The lowest BCUT2D eigenvalue weighted by Gasteiger charge is -2.02. The van der Waals surface area contributed by atoms with Crippen molar-refractivity contribution in [2.75, 3.05) is 0 Å². The first-order valence-corrected chi connectivity index (χ1v) is 5.62. The van der Waals surface area contributed by atoms with Crippen molar-refractivity contribution in [3.63, 3.8) is 0 Å². The van der Waals surface area contributed by atoms with Gasteiger partial charge in [-0.3, -0.25) is 0 Å². The van der Waals surface area contributed by atoms with Gasteiger partial charge in [0.05, 0.1) is 19.1 Å². The number of nitrogens with zero attached hydrogens (tertiary/aromatic N) is 4. The number of aromatic nitrogens is 4. The third-order valence-corrected chi connectivity index (χ3v) is 2.82. The molecule has 0 saturated heterocycles. The Morgan fingerprint density at radius 2 is 2.17 bits per heavy atom. The van der Waals surface area contributed by atoms with E-state index >= 15 is 0 Å². The lowest BCUT2D eigenvalue weighted by atomic mass is 10.1. The summed E-state index contributed by atoms with van der Waals surface area (Å²) in [6.45, 7) is 0.0157. The molecule has 0 radical (unpaired) electrons. The summed E-state index contributed by atoms with van der Waals surface area (Å²) >= 11 is 0. The van der Waals surface area contributed by atoms with E-state index < -0.39 is 0 Å².